The summed E-state index contributed by atoms with van der Waals surface area (Å²) in [6, 6.07) is 1.45. The largest absolute Gasteiger partial charge is 0.366 e. The maximum absolute atomic E-state index is 11.5. The van der Waals surface area contributed by atoms with Gasteiger partial charge in [-0.2, -0.15) is 0 Å². The molecule has 1 aliphatic rings. The maximum atomic E-state index is 11.5. The Kier molecular flexibility index (Phi) is 3.96. The van der Waals surface area contributed by atoms with Gasteiger partial charge in [0.2, 0.25) is 5.91 Å². The van der Waals surface area contributed by atoms with Crippen LogP contribution in [-0.2, 0) is 9.84 Å². The van der Waals surface area contributed by atoms with Gasteiger partial charge in [-0.1, -0.05) is 11.6 Å². The monoisotopic (exact) mass is 303 g/mol. The van der Waals surface area contributed by atoms with E-state index >= 15 is 0 Å². The predicted molar refractivity (Wildman–Crippen MR) is 73.2 cm³/mol. The summed E-state index contributed by atoms with van der Waals surface area (Å²) in [7, 11) is -2.98. The molecule has 19 heavy (non-hydrogen) atoms. The number of pyridine rings is 1. The molecule has 0 spiro atoms. The number of anilines is 1. The lowest BCUT2D eigenvalue weighted by molar-refractivity contribution is 0.1000. The summed E-state index contributed by atoms with van der Waals surface area (Å²) in [5, 5.41) is 0.301. The highest BCUT2D eigenvalue weighted by Gasteiger charge is 2.21. The van der Waals surface area contributed by atoms with Gasteiger partial charge < -0.3 is 10.6 Å². The van der Waals surface area contributed by atoms with E-state index < -0.39 is 15.7 Å². The first-order valence-corrected chi connectivity index (χ1v) is 8.00. The molecule has 2 heterocycles. The number of nitrogens with two attached hydrogens (primary N) is 1. The van der Waals surface area contributed by atoms with Crippen molar-refractivity contribution in [3.8, 4) is 0 Å². The predicted octanol–water partition coefficient (Wildman–Crippen LogP) is 0.459. The molecular weight excluding hydrogens is 290 g/mol. The smallest absolute Gasteiger partial charge is 0.250 e. The topological polar surface area (TPSA) is 93.4 Å². The van der Waals surface area contributed by atoms with Gasteiger partial charge >= 0.3 is 0 Å². The maximum Gasteiger partial charge on any atom is 0.250 e. The highest BCUT2D eigenvalue weighted by molar-refractivity contribution is 7.91. The molecule has 1 aliphatic heterocycles. The van der Waals surface area contributed by atoms with Crippen LogP contribution in [0.3, 0.4) is 0 Å². The van der Waals surface area contributed by atoms with E-state index in [4.69, 9.17) is 17.3 Å². The minimum atomic E-state index is -2.98. The fourth-order valence-corrected chi connectivity index (χ4v) is 3.51. The zero-order valence-electron chi connectivity index (χ0n) is 10.2. The van der Waals surface area contributed by atoms with Crippen LogP contribution in [0.25, 0.3) is 0 Å². The van der Waals surface area contributed by atoms with Crippen LogP contribution in [0.5, 0.6) is 0 Å². The SMILES string of the molecule is NC(=O)c1cnc(N2CCCS(=O)(=O)CC2)c(Cl)c1. The Balaban J connectivity index is 2.25. The van der Waals surface area contributed by atoms with Crippen molar-refractivity contribution in [1.82, 2.24) is 4.98 Å². The molecule has 0 aliphatic carbocycles. The summed E-state index contributed by atoms with van der Waals surface area (Å²) in [5.41, 5.74) is 5.37. The van der Waals surface area contributed by atoms with Gasteiger partial charge in [-0.05, 0) is 12.5 Å². The molecule has 1 aromatic heterocycles. The minimum Gasteiger partial charge on any atom is -0.366 e. The molecule has 8 heteroatoms. The van der Waals surface area contributed by atoms with Crippen molar-refractivity contribution in [3.63, 3.8) is 0 Å². The quantitative estimate of drug-likeness (QED) is 0.856. The van der Waals surface area contributed by atoms with Crippen molar-refractivity contribution in [3.05, 3.63) is 22.8 Å². The van der Waals surface area contributed by atoms with Crippen molar-refractivity contribution in [2.45, 2.75) is 6.42 Å². The lowest BCUT2D eigenvalue weighted by atomic mass is 10.2. The summed E-state index contributed by atoms with van der Waals surface area (Å²) in [6.07, 6.45) is 1.89. The lowest BCUT2D eigenvalue weighted by Gasteiger charge is -2.21. The average Bonchev–Trinajstić information content (AvgIpc) is 2.50. The van der Waals surface area contributed by atoms with E-state index in [0.29, 0.717) is 30.4 Å². The molecule has 104 valence electrons. The van der Waals surface area contributed by atoms with E-state index in [1.165, 1.54) is 12.3 Å². The fourth-order valence-electron chi connectivity index (χ4n) is 1.95. The van der Waals surface area contributed by atoms with Crippen LogP contribution < -0.4 is 10.6 Å². The zero-order valence-corrected chi connectivity index (χ0v) is 11.7. The minimum absolute atomic E-state index is 0.0859. The Morgan fingerprint density at radius 3 is 2.74 bits per heavy atom. The van der Waals surface area contributed by atoms with Crippen molar-refractivity contribution in [2.75, 3.05) is 29.5 Å². The summed E-state index contributed by atoms with van der Waals surface area (Å²) in [5.74, 6) is 0.159. The van der Waals surface area contributed by atoms with Crippen LogP contribution in [0, 0.1) is 0 Å². The first-order valence-electron chi connectivity index (χ1n) is 5.80. The summed E-state index contributed by atoms with van der Waals surface area (Å²) >= 11 is 6.07. The van der Waals surface area contributed by atoms with E-state index in [0.717, 1.165) is 0 Å². The van der Waals surface area contributed by atoms with E-state index in [2.05, 4.69) is 4.98 Å². The Hall–Kier alpha value is -1.34. The number of nitrogens with zero attached hydrogens (tertiary/aromatic N) is 2. The van der Waals surface area contributed by atoms with Crippen LogP contribution in [0.4, 0.5) is 5.82 Å². The Labute approximate surface area is 116 Å². The molecule has 6 nitrogen and oxygen atoms in total. The number of carbonyl (C=O) groups is 1. The number of aromatic nitrogens is 1. The second-order valence-electron chi connectivity index (χ2n) is 4.39. The number of rotatable bonds is 2. The molecule has 0 atom stereocenters. The number of amides is 1. The number of primary amides is 1. The summed E-state index contributed by atoms with van der Waals surface area (Å²) < 4.78 is 23.1. The van der Waals surface area contributed by atoms with Gasteiger partial charge in [-0.25, -0.2) is 13.4 Å². The number of sulfone groups is 1. The number of hydrogen-bond acceptors (Lipinski definition) is 5. The molecule has 1 saturated heterocycles. The van der Waals surface area contributed by atoms with Gasteiger partial charge in [0.1, 0.15) is 5.82 Å². The van der Waals surface area contributed by atoms with Crippen LogP contribution in [0.1, 0.15) is 16.8 Å². The van der Waals surface area contributed by atoms with E-state index in [1.807, 2.05) is 4.90 Å². The zero-order chi connectivity index (χ0) is 14.0. The normalized spacial score (nSPS) is 18.9. The Morgan fingerprint density at radius 1 is 1.37 bits per heavy atom. The second-order valence-corrected chi connectivity index (χ2v) is 7.10. The Morgan fingerprint density at radius 2 is 2.11 bits per heavy atom. The third kappa shape index (κ3) is 3.36. The molecule has 0 unspecified atom stereocenters. The van der Waals surface area contributed by atoms with Crippen molar-refractivity contribution < 1.29 is 13.2 Å². The molecule has 0 aromatic carbocycles. The first kappa shape index (κ1) is 14.1. The highest BCUT2D eigenvalue weighted by Crippen LogP contribution is 2.25. The van der Waals surface area contributed by atoms with Crippen molar-refractivity contribution >= 4 is 33.2 Å². The molecular formula is C11H14ClN3O3S. The number of hydrogen-bond donors (Lipinski definition) is 1. The molecule has 0 saturated carbocycles. The van der Waals surface area contributed by atoms with E-state index in [9.17, 15) is 13.2 Å². The van der Waals surface area contributed by atoms with Gasteiger partial charge in [0, 0.05) is 19.3 Å². The molecule has 1 aromatic rings. The van der Waals surface area contributed by atoms with Crippen molar-refractivity contribution in [2.24, 2.45) is 5.73 Å². The molecule has 1 amide bonds. The van der Waals surface area contributed by atoms with Gasteiger partial charge in [-0.15, -0.1) is 0 Å². The Bertz CT molecular complexity index is 603. The van der Waals surface area contributed by atoms with Crippen LogP contribution in [0.2, 0.25) is 5.02 Å². The fraction of sp³-hybridized carbons (Fsp3) is 0.455. The summed E-state index contributed by atoms with van der Waals surface area (Å²) in [4.78, 5) is 16.9. The van der Waals surface area contributed by atoms with Crippen LogP contribution in [0.15, 0.2) is 12.3 Å². The average molecular weight is 304 g/mol. The number of carbonyl (C=O) groups excluding carboxylic acids is 1. The summed E-state index contributed by atoms with van der Waals surface area (Å²) in [6.45, 7) is 0.923. The van der Waals surface area contributed by atoms with Gasteiger partial charge in [-0.3, -0.25) is 4.79 Å². The lowest BCUT2D eigenvalue weighted by Crippen LogP contribution is -2.28. The van der Waals surface area contributed by atoms with E-state index in [-0.39, 0.29) is 17.1 Å². The van der Waals surface area contributed by atoms with Crippen molar-refractivity contribution in [1.29, 1.82) is 0 Å². The standard InChI is InChI=1S/C11H14ClN3O3S/c12-9-6-8(10(13)16)7-14-11(9)15-2-1-4-19(17,18)5-3-15/h6-7H,1-5H2,(H2,13,16). The van der Waals surface area contributed by atoms with Gasteiger partial charge in [0.05, 0.1) is 22.1 Å². The van der Waals surface area contributed by atoms with Gasteiger partial charge in [0.25, 0.3) is 0 Å². The molecule has 2 N–H and O–H groups in total. The highest BCUT2D eigenvalue weighted by atomic mass is 35.5. The number of halogens is 1. The second kappa shape index (κ2) is 5.34. The third-order valence-corrected chi connectivity index (χ3v) is 4.95. The van der Waals surface area contributed by atoms with E-state index in [1.54, 1.807) is 0 Å². The third-order valence-electron chi connectivity index (χ3n) is 2.96. The molecule has 2 rings (SSSR count). The molecule has 0 radical (unpaired) electrons. The molecule has 1 fully saturated rings. The molecule has 0 bridgehead atoms. The van der Waals surface area contributed by atoms with Gasteiger partial charge in [0.15, 0.2) is 9.84 Å². The van der Waals surface area contributed by atoms with Crippen LogP contribution in [-0.4, -0.2) is 43.9 Å². The first-order chi connectivity index (χ1) is 8.89. The van der Waals surface area contributed by atoms with Crippen LogP contribution >= 0.6 is 11.6 Å².